The van der Waals surface area contributed by atoms with Gasteiger partial charge in [-0.3, -0.25) is 10.2 Å². The van der Waals surface area contributed by atoms with E-state index < -0.39 is 21.7 Å². The number of carbonyl (C=O) groups is 2. The van der Waals surface area contributed by atoms with E-state index in [-0.39, 0.29) is 27.5 Å². The molecule has 3 heterocycles. The maximum atomic E-state index is 12.4. The summed E-state index contributed by atoms with van der Waals surface area (Å²) in [6.07, 6.45) is 2.37. The van der Waals surface area contributed by atoms with Gasteiger partial charge >= 0.3 is 5.97 Å². The van der Waals surface area contributed by atoms with E-state index in [2.05, 4.69) is 25.3 Å². The number of amidine groups is 3. The van der Waals surface area contributed by atoms with E-state index in [0.29, 0.717) is 14.9 Å². The second-order valence-electron chi connectivity index (χ2n) is 6.24. The van der Waals surface area contributed by atoms with Gasteiger partial charge in [0.05, 0.1) is 22.0 Å². The van der Waals surface area contributed by atoms with Crippen LogP contribution in [0.1, 0.15) is 15.2 Å². The Morgan fingerprint density at radius 2 is 2.10 bits per heavy atom. The molecule has 0 radical (unpaired) electrons. The fraction of sp³-hybridized carbons (Fsp3) is 0.0556. The first-order valence-corrected chi connectivity index (χ1v) is 12.7. The van der Waals surface area contributed by atoms with E-state index in [9.17, 15) is 18.0 Å². The van der Waals surface area contributed by atoms with Gasteiger partial charge in [-0.1, -0.05) is 12.1 Å². The predicted octanol–water partition coefficient (Wildman–Crippen LogP) is 3.35. The molecule has 13 heteroatoms. The Morgan fingerprint density at radius 3 is 2.74 bits per heavy atom. The molecule has 9 nitrogen and oxygen atoms in total. The molecule has 0 fully saturated rings. The zero-order valence-corrected chi connectivity index (χ0v) is 19.6. The van der Waals surface area contributed by atoms with Gasteiger partial charge in [0.2, 0.25) is 20.2 Å². The van der Waals surface area contributed by atoms with Gasteiger partial charge in [-0.15, -0.1) is 11.3 Å². The van der Waals surface area contributed by atoms with Crippen molar-refractivity contribution in [3.05, 3.63) is 56.2 Å². The number of thiophene rings is 1. The third-order valence-electron chi connectivity index (χ3n) is 4.02. The minimum Gasteiger partial charge on any atom is -0.421 e. The van der Waals surface area contributed by atoms with E-state index >= 15 is 0 Å². The number of hydrogen-bond acceptors (Lipinski definition) is 9. The van der Waals surface area contributed by atoms with E-state index in [1.54, 1.807) is 35.7 Å². The maximum absolute atomic E-state index is 12.4. The topological polar surface area (TPSA) is 129 Å². The smallest absolute Gasteiger partial charge is 0.353 e. The SMILES string of the molecule is CS(=O)(=O)C1=NSC2=NC(=O)/C(=C\c3ccc(OC(=O)c4cccs4)c(Br)c3)C(=N)N21. The van der Waals surface area contributed by atoms with Crippen LogP contribution >= 0.6 is 39.2 Å². The van der Waals surface area contributed by atoms with Gasteiger partial charge in [0.25, 0.3) is 5.91 Å². The Morgan fingerprint density at radius 1 is 1.32 bits per heavy atom. The molecule has 2 aromatic rings. The Hall–Kier alpha value is -2.61. The quantitative estimate of drug-likeness (QED) is 0.274. The summed E-state index contributed by atoms with van der Waals surface area (Å²) >= 11 is 5.32. The highest BCUT2D eigenvalue weighted by Gasteiger charge is 2.41. The number of hydrogen-bond donors (Lipinski definition) is 1. The Balaban J connectivity index is 1.62. The van der Waals surface area contributed by atoms with Crippen molar-refractivity contribution in [2.45, 2.75) is 0 Å². The third-order valence-corrected chi connectivity index (χ3v) is 7.24. The molecule has 0 bridgehead atoms. The van der Waals surface area contributed by atoms with Gasteiger partial charge in [0, 0.05) is 6.26 Å². The van der Waals surface area contributed by atoms with Gasteiger partial charge in [-0.2, -0.15) is 9.39 Å². The molecule has 0 saturated carbocycles. The van der Waals surface area contributed by atoms with E-state index in [0.717, 1.165) is 23.1 Å². The number of ether oxygens (including phenoxy) is 1. The second kappa shape index (κ2) is 8.15. The zero-order chi connectivity index (χ0) is 22.3. The normalized spacial score (nSPS) is 17.5. The van der Waals surface area contributed by atoms with Crippen molar-refractivity contribution in [2.24, 2.45) is 9.39 Å². The second-order valence-corrected chi connectivity index (χ2v) is 10.7. The molecule has 31 heavy (non-hydrogen) atoms. The number of fused-ring (bicyclic) bond motifs is 1. The molecule has 0 saturated heterocycles. The average molecular weight is 539 g/mol. The fourth-order valence-electron chi connectivity index (χ4n) is 2.64. The third kappa shape index (κ3) is 4.26. The lowest BCUT2D eigenvalue weighted by Gasteiger charge is -2.23. The highest BCUT2D eigenvalue weighted by Crippen LogP contribution is 2.31. The monoisotopic (exact) mass is 538 g/mol. The lowest BCUT2D eigenvalue weighted by molar-refractivity contribution is -0.114. The molecule has 1 aromatic carbocycles. The molecule has 2 aliphatic heterocycles. The molecule has 4 rings (SSSR count). The van der Waals surface area contributed by atoms with Crippen LogP contribution in [0.5, 0.6) is 5.75 Å². The van der Waals surface area contributed by atoms with Crippen molar-refractivity contribution < 1.29 is 22.7 Å². The lowest BCUT2D eigenvalue weighted by Crippen LogP contribution is -2.45. The van der Waals surface area contributed by atoms with Crippen LogP contribution in [0.4, 0.5) is 0 Å². The van der Waals surface area contributed by atoms with Crippen molar-refractivity contribution in [2.75, 3.05) is 6.26 Å². The van der Waals surface area contributed by atoms with Crippen LogP contribution in [0.2, 0.25) is 0 Å². The molecular weight excluding hydrogens is 528 g/mol. The number of amides is 1. The molecule has 1 amide bonds. The van der Waals surface area contributed by atoms with Gasteiger partial charge in [-0.25, -0.2) is 18.1 Å². The van der Waals surface area contributed by atoms with E-state index in [1.807, 2.05) is 0 Å². The van der Waals surface area contributed by atoms with E-state index in [1.165, 1.54) is 17.4 Å². The number of halogens is 1. The van der Waals surface area contributed by atoms with Crippen molar-refractivity contribution in [3.8, 4) is 5.75 Å². The highest BCUT2D eigenvalue weighted by atomic mass is 79.9. The summed E-state index contributed by atoms with van der Waals surface area (Å²) in [7, 11) is -3.72. The Labute approximate surface area is 193 Å². The number of esters is 1. The number of sulfone groups is 1. The van der Waals surface area contributed by atoms with Crippen LogP contribution in [0.3, 0.4) is 0 Å². The van der Waals surface area contributed by atoms with Gasteiger partial charge in [0.1, 0.15) is 16.5 Å². The van der Waals surface area contributed by atoms with Crippen LogP contribution in [-0.4, -0.2) is 47.6 Å². The summed E-state index contributed by atoms with van der Waals surface area (Å²) in [4.78, 5) is 29.9. The fourth-order valence-corrected chi connectivity index (χ4v) is 5.56. The number of nitrogens with one attached hydrogen (secondary N) is 1. The number of benzene rings is 1. The highest BCUT2D eigenvalue weighted by molar-refractivity contribution is 9.10. The van der Waals surface area contributed by atoms with Crippen molar-refractivity contribution in [3.63, 3.8) is 0 Å². The van der Waals surface area contributed by atoms with Gasteiger partial charge in [0.15, 0.2) is 0 Å². The zero-order valence-electron chi connectivity index (χ0n) is 15.5. The summed E-state index contributed by atoms with van der Waals surface area (Å²) in [6.45, 7) is 0. The van der Waals surface area contributed by atoms with Crippen LogP contribution in [0.15, 0.2) is 55.1 Å². The largest absolute Gasteiger partial charge is 0.421 e. The number of rotatable bonds is 3. The summed E-state index contributed by atoms with van der Waals surface area (Å²) in [5, 5.41) is 9.78. The molecular formula is C18H11BrN4O5S3. The summed E-state index contributed by atoms with van der Waals surface area (Å²) in [6, 6.07) is 8.14. The molecule has 0 unspecified atom stereocenters. The standard InChI is InChI=1S/C18H11BrN4O5S3/c1-31(26,27)18-22-30-17-21-15(24)10(14(20)23(17)18)7-9-4-5-12(11(19)8-9)28-16(25)13-3-2-6-29-13/h2-8,20H,1H3/b10-7-,20-14?. The summed E-state index contributed by atoms with van der Waals surface area (Å²) in [5.74, 6) is -1.23. The van der Waals surface area contributed by atoms with Crippen molar-refractivity contribution in [1.29, 1.82) is 5.41 Å². The maximum Gasteiger partial charge on any atom is 0.353 e. The first kappa shape index (κ1) is 21.6. The molecule has 1 N–H and O–H groups in total. The molecule has 1 aromatic heterocycles. The Kier molecular flexibility index (Phi) is 5.68. The van der Waals surface area contributed by atoms with Crippen LogP contribution in [0.25, 0.3) is 6.08 Å². The first-order valence-electron chi connectivity index (χ1n) is 8.39. The van der Waals surface area contributed by atoms with Gasteiger partial charge < -0.3 is 4.74 Å². The minimum absolute atomic E-state index is 0.0181. The number of aliphatic imine (C=N–C) groups is 1. The Bertz CT molecular complexity index is 1330. The van der Waals surface area contributed by atoms with Crippen molar-refractivity contribution in [1.82, 2.24) is 4.90 Å². The molecule has 0 atom stereocenters. The van der Waals surface area contributed by atoms with Crippen molar-refractivity contribution >= 4 is 83.2 Å². The number of carbonyl (C=O) groups excluding carboxylic acids is 2. The average Bonchev–Trinajstić information content (AvgIpc) is 3.36. The predicted molar refractivity (Wildman–Crippen MR) is 123 cm³/mol. The molecule has 0 spiro atoms. The van der Waals surface area contributed by atoms with Crippen LogP contribution < -0.4 is 4.74 Å². The molecule has 158 valence electrons. The lowest BCUT2D eigenvalue weighted by atomic mass is 10.1. The van der Waals surface area contributed by atoms with Crippen LogP contribution in [-0.2, 0) is 14.6 Å². The minimum atomic E-state index is -3.72. The van der Waals surface area contributed by atoms with Gasteiger partial charge in [-0.05, 0) is 51.1 Å². The number of nitrogens with zero attached hydrogens (tertiary/aromatic N) is 3. The van der Waals surface area contributed by atoms with Crippen LogP contribution in [0, 0.1) is 5.41 Å². The van der Waals surface area contributed by atoms with E-state index in [4.69, 9.17) is 10.1 Å². The summed E-state index contributed by atoms with van der Waals surface area (Å²) < 4.78 is 33.5. The first-order chi connectivity index (χ1) is 14.6. The molecule has 0 aliphatic carbocycles. The molecule has 2 aliphatic rings. The summed E-state index contributed by atoms with van der Waals surface area (Å²) in [5.41, 5.74) is 0.414.